The van der Waals surface area contributed by atoms with E-state index in [0.29, 0.717) is 6.42 Å². The number of rotatable bonds is 3. The lowest BCUT2D eigenvalue weighted by molar-refractivity contribution is -0.137. The Bertz CT molecular complexity index is 363. The quantitative estimate of drug-likeness (QED) is 0.864. The second kappa shape index (κ2) is 4.69. The maximum absolute atomic E-state index is 12.4. The van der Waals surface area contributed by atoms with Gasteiger partial charge in [-0.3, -0.25) is 0 Å². The monoisotopic (exact) mass is 245 g/mol. The van der Waals surface area contributed by atoms with Crippen molar-refractivity contribution in [1.82, 2.24) is 0 Å². The van der Waals surface area contributed by atoms with Crippen LogP contribution in [0.25, 0.3) is 0 Å². The van der Waals surface area contributed by atoms with Gasteiger partial charge in [0.25, 0.3) is 0 Å². The van der Waals surface area contributed by atoms with Crippen LogP contribution in [-0.4, -0.2) is 5.54 Å². The summed E-state index contributed by atoms with van der Waals surface area (Å²) < 4.78 is 37.1. The smallest absolute Gasteiger partial charge is 0.325 e. The summed E-state index contributed by atoms with van der Waals surface area (Å²) in [7, 11) is 0. The van der Waals surface area contributed by atoms with Crippen molar-refractivity contribution in [2.24, 2.45) is 11.7 Å². The highest BCUT2D eigenvalue weighted by molar-refractivity contribution is 5.26. The van der Waals surface area contributed by atoms with Gasteiger partial charge >= 0.3 is 6.18 Å². The maximum Gasteiger partial charge on any atom is 0.416 e. The van der Waals surface area contributed by atoms with Gasteiger partial charge in [-0.05, 0) is 37.0 Å². The fraction of sp³-hybridized carbons (Fsp3) is 0.538. The SMILES string of the molecule is CC(C)C(C)(N)Cc1ccc(C(F)(F)F)cc1. The van der Waals surface area contributed by atoms with Crippen LogP contribution in [0.4, 0.5) is 13.2 Å². The molecular formula is C13H18F3N. The second-order valence-corrected chi connectivity index (χ2v) is 5.03. The van der Waals surface area contributed by atoms with Gasteiger partial charge in [-0.25, -0.2) is 0 Å². The summed E-state index contributed by atoms with van der Waals surface area (Å²) in [5, 5.41) is 0. The molecule has 1 atom stereocenters. The molecule has 0 radical (unpaired) electrons. The summed E-state index contributed by atoms with van der Waals surface area (Å²) in [4.78, 5) is 0. The Morgan fingerprint density at radius 3 is 1.94 bits per heavy atom. The number of halogens is 3. The molecule has 0 spiro atoms. The third-order valence-corrected chi connectivity index (χ3v) is 3.19. The first-order valence-electron chi connectivity index (χ1n) is 5.58. The zero-order chi connectivity index (χ0) is 13.3. The van der Waals surface area contributed by atoms with Crippen molar-refractivity contribution >= 4 is 0 Å². The molecule has 96 valence electrons. The molecular weight excluding hydrogens is 227 g/mol. The van der Waals surface area contributed by atoms with Gasteiger partial charge in [0.2, 0.25) is 0 Å². The molecule has 0 aliphatic rings. The number of hydrogen-bond acceptors (Lipinski definition) is 1. The molecule has 1 aromatic rings. The normalized spacial score (nSPS) is 16.0. The molecule has 0 saturated carbocycles. The maximum atomic E-state index is 12.4. The molecule has 1 nitrogen and oxygen atoms in total. The minimum absolute atomic E-state index is 0.268. The van der Waals surface area contributed by atoms with Crippen molar-refractivity contribution in [1.29, 1.82) is 0 Å². The van der Waals surface area contributed by atoms with E-state index in [2.05, 4.69) is 0 Å². The molecule has 0 bridgehead atoms. The number of nitrogens with two attached hydrogens (primary N) is 1. The van der Waals surface area contributed by atoms with Gasteiger partial charge < -0.3 is 5.73 Å². The number of hydrogen-bond donors (Lipinski definition) is 1. The van der Waals surface area contributed by atoms with Crippen molar-refractivity contribution in [3.63, 3.8) is 0 Å². The summed E-state index contributed by atoms with van der Waals surface area (Å²) in [6.07, 6.45) is -3.70. The van der Waals surface area contributed by atoms with Crippen LogP contribution >= 0.6 is 0 Å². The molecule has 4 heteroatoms. The average molecular weight is 245 g/mol. The Kier molecular flexibility index (Phi) is 3.87. The molecule has 1 aromatic carbocycles. The van der Waals surface area contributed by atoms with Crippen LogP contribution in [-0.2, 0) is 12.6 Å². The van der Waals surface area contributed by atoms with Crippen molar-refractivity contribution in [2.75, 3.05) is 0 Å². The Labute approximate surface area is 99.8 Å². The van der Waals surface area contributed by atoms with Crippen LogP contribution in [0.5, 0.6) is 0 Å². The van der Waals surface area contributed by atoms with Crippen LogP contribution in [0.15, 0.2) is 24.3 Å². The lowest BCUT2D eigenvalue weighted by Crippen LogP contribution is -2.43. The van der Waals surface area contributed by atoms with Gasteiger partial charge in [-0.1, -0.05) is 26.0 Å². The standard InChI is InChI=1S/C13H18F3N/c1-9(2)12(3,17)8-10-4-6-11(7-5-10)13(14,15)16/h4-7,9H,8,17H2,1-3H3. The van der Waals surface area contributed by atoms with E-state index >= 15 is 0 Å². The lowest BCUT2D eigenvalue weighted by atomic mass is 9.83. The van der Waals surface area contributed by atoms with Crippen molar-refractivity contribution in [2.45, 2.75) is 38.9 Å². The Morgan fingerprint density at radius 2 is 1.59 bits per heavy atom. The first-order chi connectivity index (χ1) is 7.63. The van der Waals surface area contributed by atoms with Gasteiger partial charge in [0.15, 0.2) is 0 Å². The molecule has 1 unspecified atom stereocenters. The molecule has 17 heavy (non-hydrogen) atoms. The lowest BCUT2D eigenvalue weighted by Gasteiger charge is -2.29. The van der Waals surface area contributed by atoms with E-state index in [1.807, 2.05) is 20.8 Å². The zero-order valence-electron chi connectivity index (χ0n) is 10.3. The van der Waals surface area contributed by atoms with Crippen LogP contribution in [0.2, 0.25) is 0 Å². The fourth-order valence-electron chi connectivity index (χ4n) is 1.46. The van der Waals surface area contributed by atoms with Gasteiger partial charge in [0, 0.05) is 5.54 Å². The minimum atomic E-state index is -4.28. The molecule has 0 heterocycles. The second-order valence-electron chi connectivity index (χ2n) is 5.03. The molecule has 1 rings (SSSR count). The summed E-state index contributed by atoms with van der Waals surface area (Å²) >= 11 is 0. The van der Waals surface area contributed by atoms with Crippen LogP contribution in [0.1, 0.15) is 31.9 Å². The third kappa shape index (κ3) is 3.73. The molecule has 0 saturated heterocycles. The minimum Gasteiger partial charge on any atom is -0.325 e. The van der Waals surface area contributed by atoms with E-state index in [9.17, 15) is 13.2 Å². The average Bonchev–Trinajstić information content (AvgIpc) is 2.16. The van der Waals surface area contributed by atoms with Crippen LogP contribution in [0, 0.1) is 5.92 Å². The van der Waals surface area contributed by atoms with Crippen LogP contribution in [0.3, 0.4) is 0 Å². The van der Waals surface area contributed by atoms with E-state index in [-0.39, 0.29) is 5.92 Å². The van der Waals surface area contributed by atoms with E-state index < -0.39 is 17.3 Å². The Hall–Kier alpha value is -1.03. The third-order valence-electron chi connectivity index (χ3n) is 3.19. The first-order valence-corrected chi connectivity index (χ1v) is 5.58. The van der Waals surface area contributed by atoms with Gasteiger partial charge in [-0.2, -0.15) is 13.2 Å². The molecule has 0 fully saturated rings. The van der Waals surface area contributed by atoms with Crippen molar-refractivity contribution in [3.05, 3.63) is 35.4 Å². The van der Waals surface area contributed by atoms with E-state index in [1.54, 1.807) is 0 Å². The van der Waals surface area contributed by atoms with E-state index in [1.165, 1.54) is 12.1 Å². The highest BCUT2D eigenvalue weighted by Gasteiger charge is 2.30. The zero-order valence-corrected chi connectivity index (χ0v) is 10.3. The largest absolute Gasteiger partial charge is 0.416 e. The summed E-state index contributed by atoms with van der Waals surface area (Å²) in [6.45, 7) is 5.92. The number of benzene rings is 1. The highest BCUT2D eigenvalue weighted by atomic mass is 19.4. The fourth-order valence-corrected chi connectivity index (χ4v) is 1.46. The summed E-state index contributed by atoms with van der Waals surface area (Å²) in [6, 6.07) is 5.20. The molecule has 2 N–H and O–H groups in total. The van der Waals surface area contributed by atoms with Gasteiger partial charge in [0.1, 0.15) is 0 Å². The molecule has 0 aliphatic carbocycles. The predicted molar refractivity (Wildman–Crippen MR) is 62.6 cm³/mol. The molecule has 0 aliphatic heterocycles. The summed E-state index contributed by atoms with van der Waals surface area (Å²) in [5.41, 5.74) is 5.90. The van der Waals surface area contributed by atoms with Crippen molar-refractivity contribution in [3.8, 4) is 0 Å². The highest BCUT2D eigenvalue weighted by Crippen LogP contribution is 2.29. The van der Waals surface area contributed by atoms with E-state index in [4.69, 9.17) is 5.73 Å². The summed E-state index contributed by atoms with van der Waals surface area (Å²) in [5.74, 6) is 0.268. The topological polar surface area (TPSA) is 26.0 Å². The predicted octanol–water partition coefficient (Wildman–Crippen LogP) is 3.62. The van der Waals surface area contributed by atoms with E-state index in [0.717, 1.165) is 17.7 Å². The van der Waals surface area contributed by atoms with Gasteiger partial charge in [0.05, 0.1) is 5.56 Å². The van der Waals surface area contributed by atoms with Gasteiger partial charge in [-0.15, -0.1) is 0 Å². The molecule has 0 amide bonds. The first kappa shape index (κ1) is 14.0. The van der Waals surface area contributed by atoms with Crippen molar-refractivity contribution < 1.29 is 13.2 Å². The molecule has 0 aromatic heterocycles. The number of alkyl halides is 3. The Morgan fingerprint density at radius 1 is 1.12 bits per heavy atom. The Balaban J connectivity index is 2.83. The van der Waals surface area contributed by atoms with Crippen LogP contribution < -0.4 is 5.73 Å².